The van der Waals surface area contributed by atoms with Gasteiger partial charge in [-0.25, -0.2) is 0 Å². The first-order valence-electron chi connectivity index (χ1n) is 5.99. The first kappa shape index (κ1) is 15.6. The van der Waals surface area contributed by atoms with Crippen molar-refractivity contribution in [1.29, 1.82) is 0 Å². The minimum atomic E-state index is -0.0166. The van der Waals surface area contributed by atoms with E-state index in [2.05, 4.69) is 37.2 Å². The Balaban J connectivity index is 1.96. The number of amides is 1. The molecule has 104 valence electrons. The van der Waals surface area contributed by atoms with Gasteiger partial charge in [0.25, 0.3) is 0 Å². The summed E-state index contributed by atoms with van der Waals surface area (Å²) >= 11 is 8.36. The molecule has 0 bridgehead atoms. The van der Waals surface area contributed by atoms with Crippen molar-refractivity contribution in [3.05, 3.63) is 57.0 Å². The van der Waals surface area contributed by atoms with Gasteiger partial charge < -0.3 is 5.32 Å². The van der Waals surface area contributed by atoms with Gasteiger partial charge in [-0.2, -0.15) is 0 Å². The predicted molar refractivity (Wildman–Crippen MR) is 92.4 cm³/mol. The van der Waals surface area contributed by atoms with Crippen LogP contribution >= 0.6 is 43.6 Å². The molecule has 2 aromatic carbocycles. The molecule has 5 heteroatoms. The van der Waals surface area contributed by atoms with Crippen molar-refractivity contribution >= 4 is 55.2 Å². The van der Waals surface area contributed by atoms with Gasteiger partial charge in [0, 0.05) is 13.8 Å². The highest BCUT2D eigenvalue weighted by Crippen LogP contribution is 2.27. The summed E-state index contributed by atoms with van der Waals surface area (Å²) < 4.78 is 1.80. The quantitative estimate of drug-likeness (QED) is 0.692. The summed E-state index contributed by atoms with van der Waals surface area (Å²) in [5.41, 5.74) is 1.96. The monoisotopic (exact) mass is 413 g/mol. The van der Waals surface area contributed by atoms with Crippen LogP contribution in [0.2, 0.25) is 0 Å². The molecule has 0 aliphatic heterocycles. The minimum absolute atomic E-state index is 0.0166. The van der Waals surface area contributed by atoms with Gasteiger partial charge in [-0.3, -0.25) is 4.79 Å². The van der Waals surface area contributed by atoms with Crippen LogP contribution in [0.25, 0.3) is 0 Å². The fraction of sp³-hybridized carbons (Fsp3) is 0.133. The molecule has 0 radical (unpaired) electrons. The maximum atomic E-state index is 12.0. The topological polar surface area (TPSA) is 29.1 Å². The summed E-state index contributed by atoms with van der Waals surface area (Å²) in [5, 5.41) is 2.90. The van der Waals surface area contributed by atoms with Gasteiger partial charge in [0.05, 0.1) is 11.4 Å². The standard InChI is InChI=1S/C15H13Br2NOS/c1-10-4-2-3-5-14(10)20-9-15(19)18-13-8-11(16)6-7-12(13)17/h2-8H,9H2,1H3,(H,18,19). The Bertz CT molecular complexity index is 631. The number of carbonyl (C=O) groups excluding carboxylic acids is 1. The summed E-state index contributed by atoms with van der Waals surface area (Å²) in [4.78, 5) is 13.1. The molecule has 0 aliphatic rings. The molecule has 2 aromatic rings. The van der Waals surface area contributed by atoms with E-state index in [4.69, 9.17) is 0 Å². The molecule has 0 saturated carbocycles. The SMILES string of the molecule is Cc1ccccc1SCC(=O)Nc1cc(Br)ccc1Br. The minimum Gasteiger partial charge on any atom is -0.324 e. The number of nitrogens with one attached hydrogen (secondary N) is 1. The third-order valence-electron chi connectivity index (χ3n) is 2.65. The van der Waals surface area contributed by atoms with Gasteiger partial charge in [-0.1, -0.05) is 34.1 Å². The lowest BCUT2D eigenvalue weighted by Gasteiger charge is -2.08. The van der Waals surface area contributed by atoms with E-state index in [0.29, 0.717) is 5.75 Å². The van der Waals surface area contributed by atoms with Crippen molar-refractivity contribution in [3.8, 4) is 0 Å². The van der Waals surface area contributed by atoms with E-state index in [1.54, 1.807) is 11.8 Å². The Morgan fingerprint density at radius 2 is 1.95 bits per heavy atom. The fourth-order valence-corrected chi connectivity index (χ4v) is 3.18. The highest BCUT2D eigenvalue weighted by atomic mass is 79.9. The molecule has 2 nitrogen and oxygen atoms in total. The predicted octanol–water partition coefficient (Wildman–Crippen LogP) is 5.25. The average Bonchev–Trinajstić information content (AvgIpc) is 2.42. The molecule has 1 amide bonds. The Morgan fingerprint density at radius 1 is 1.20 bits per heavy atom. The van der Waals surface area contributed by atoms with E-state index >= 15 is 0 Å². The van der Waals surface area contributed by atoms with Gasteiger partial charge in [-0.05, 0) is 52.7 Å². The summed E-state index contributed by atoms with van der Waals surface area (Å²) in [5.74, 6) is 0.376. The number of halogens is 2. The van der Waals surface area contributed by atoms with Gasteiger partial charge in [0.2, 0.25) is 5.91 Å². The second-order valence-corrected chi connectivity index (χ2v) is 7.01. The zero-order valence-electron chi connectivity index (χ0n) is 10.8. The van der Waals surface area contributed by atoms with Crippen LogP contribution in [-0.2, 0) is 4.79 Å². The summed E-state index contributed by atoms with van der Waals surface area (Å²) in [6.07, 6.45) is 0. The zero-order chi connectivity index (χ0) is 14.5. The van der Waals surface area contributed by atoms with Crippen molar-refractivity contribution < 1.29 is 4.79 Å². The summed E-state index contributed by atoms with van der Waals surface area (Å²) in [6.45, 7) is 2.05. The highest BCUT2D eigenvalue weighted by Gasteiger charge is 2.07. The third kappa shape index (κ3) is 4.36. The number of hydrogen-bond acceptors (Lipinski definition) is 2. The smallest absolute Gasteiger partial charge is 0.234 e. The number of benzene rings is 2. The Hall–Kier alpha value is -0.780. The van der Waals surface area contributed by atoms with Gasteiger partial charge in [-0.15, -0.1) is 11.8 Å². The van der Waals surface area contributed by atoms with Crippen LogP contribution in [0.4, 0.5) is 5.69 Å². The highest BCUT2D eigenvalue weighted by molar-refractivity contribution is 9.11. The van der Waals surface area contributed by atoms with Gasteiger partial charge in [0.1, 0.15) is 0 Å². The van der Waals surface area contributed by atoms with E-state index in [1.807, 2.05) is 49.4 Å². The molecule has 0 fully saturated rings. The molecule has 1 N–H and O–H groups in total. The number of hydrogen-bond donors (Lipinski definition) is 1. The van der Waals surface area contributed by atoms with Crippen molar-refractivity contribution in [2.24, 2.45) is 0 Å². The molecular formula is C15H13Br2NOS. The summed E-state index contributed by atoms with van der Waals surface area (Å²) in [7, 11) is 0. The number of carbonyl (C=O) groups is 1. The second-order valence-electron chi connectivity index (χ2n) is 4.23. The molecule has 0 spiro atoms. The van der Waals surface area contributed by atoms with Crippen LogP contribution in [0.5, 0.6) is 0 Å². The molecule has 0 unspecified atom stereocenters. The first-order chi connectivity index (χ1) is 9.56. The molecule has 0 aromatic heterocycles. The van der Waals surface area contributed by atoms with Crippen LogP contribution in [-0.4, -0.2) is 11.7 Å². The lowest BCUT2D eigenvalue weighted by molar-refractivity contribution is -0.113. The number of thioether (sulfide) groups is 1. The van der Waals surface area contributed by atoms with E-state index in [0.717, 1.165) is 19.5 Å². The maximum Gasteiger partial charge on any atom is 0.234 e. The molecule has 0 heterocycles. The van der Waals surface area contributed by atoms with E-state index < -0.39 is 0 Å². The van der Waals surface area contributed by atoms with Gasteiger partial charge >= 0.3 is 0 Å². The van der Waals surface area contributed by atoms with Crippen LogP contribution in [0.15, 0.2) is 56.3 Å². The van der Waals surface area contributed by atoms with Crippen LogP contribution in [0, 0.1) is 6.92 Å². The van der Waals surface area contributed by atoms with E-state index in [-0.39, 0.29) is 5.91 Å². The lowest BCUT2D eigenvalue weighted by Crippen LogP contribution is -2.14. The van der Waals surface area contributed by atoms with Crippen LogP contribution in [0.1, 0.15) is 5.56 Å². The molecular weight excluding hydrogens is 402 g/mol. The van der Waals surface area contributed by atoms with E-state index in [1.165, 1.54) is 5.56 Å². The Kier molecular flexibility index (Phi) is 5.69. The van der Waals surface area contributed by atoms with Crippen molar-refractivity contribution in [2.75, 3.05) is 11.1 Å². The van der Waals surface area contributed by atoms with Crippen LogP contribution < -0.4 is 5.32 Å². The molecule has 20 heavy (non-hydrogen) atoms. The van der Waals surface area contributed by atoms with Crippen molar-refractivity contribution in [2.45, 2.75) is 11.8 Å². The zero-order valence-corrected chi connectivity index (χ0v) is 14.8. The average molecular weight is 415 g/mol. The molecule has 0 atom stereocenters. The fourth-order valence-electron chi connectivity index (χ4n) is 1.64. The second kappa shape index (κ2) is 7.29. The Labute approximate surface area is 139 Å². The lowest BCUT2D eigenvalue weighted by atomic mass is 10.2. The van der Waals surface area contributed by atoms with Crippen molar-refractivity contribution in [1.82, 2.24) is 0 Å². The van der Waals surface area contributed by atoms with E-state index in [9.17, 15) is 4.79 Å². The number of anilines is 1. The number of rotatable bonds is 4. The molecule has 2 rings (SSSR count). The van der Waals surface area contributed by atoms with Crippen LogP contribution in [0.3, 0.4) is 0 Å². The molecule has 0 aliphatic carbocycles. The normalized spacial score (nSPS) is 10.3. The molecule has 0 saturated heterocycles. The first-order valence-corrected chi connectivity index (χ1v) is 8.57. The van der Waals surface area contributed by atoms with Gasteiger partial charge in [0.15, 0.2) is 0 Å². The van der Waals surface area contributed by atoms with Crippen molar-refractivity contribution in [3.63, 3.8) is 0 Å². The summed E-state index contributed by atoms with van der Waals surface area (Å²) in [6, 6.07) is 13.8. The largest absolute Gasteiger partial charge is 0.324 e. The maximum absolute atomic E-state index is 12.0. The third-order valence-corrected chi connectivity index (χ3v) is 5.02. The Morgan fingerprint density at radius 3 is 2.70 bits per heavy atom. The number of aryl methyl sites for hydroxylation is 1.